The monoisotopic (exact) mass is 213 g/mol. The first-order valence-electron chi connectivity index (χ1n) is 6.50. The molecule has 0 saturated heterocycles. The largest absolute Gasteiger partial charge is 0.301 e. The molecule has 1 nitrogen and oxygen atoms in total. The van der Waals surface area contributed by atoms with Gasteiger partial charge >= 0.3 is 0 Å². The van der Waals surface area contributed by atoms with E-state index in [1.54, 1.807) is 0 Å². The smallest absolute Gasteiger partial charge is 0.0152 e. The molecule has 0 aromatic carbocycles. The molecule has 0 spiro atoms. The van der Waals surface area contributed by atoms with Gasteiger partial charge in [0.2, 0.25) is 0 Å². The van der Waals surface area contributed by atoms with E-state index in [9.17, 15) is 0 Å². The van der Waals surface area contributed by atoms with Crippen LogP contribution in [-0.4, -0.2) is 24.0 Å². The van der Waals surface area contributed by atoms with Crippen molar-refractivity contribution in [3.8, 4) is 0 Å². The number of hydrogen-bond acceptors (Lipinski definition) is 1. The summed E-state index contributed by atoms with van der Waals surface area (Å²) < 4.78 is 0. The second kappa shape index (κ2) is 6.52. The Morgan fingerprint density at radius 3 is 2.07 bits per heavy atom. The lowest BCUT2D eigenvalue weighted by atomic mass is 9.90. The molecule has 15 heavy (non-hydrogen) atoms. The summed E-state index contributed by atoms with van der Waals surface area (Å²) >= 11 is 0. The molecule has 0 aliphatic rings. The van der Waals surface area contributed by atoms with Gasteiger partial charge in [-0.1, -0.05) is 34.1 Å². The minimum absolute atomic E-state index is 0.349. The molecule has 0 heterocycles. The molecule has 0 radical (unpaired) electrons. The molecule has 0 fully saturated rings. The van der Waals surface area contributed by atoms with Crippen LogP contribution in [0.1, 0.15) is 60.8 Å². The average Bonchev–Trinajstić information content (AvgIpc) is 2.11. The molecule has 0 aromatic rings. The van der Waals surface area contributed by atoms with E-state index in [4.69, 9.17) is 0 Å². The van der Waals surface area contributed by atoms with Crippen molar-refractivity contribution in [2.45, 2.75) is 66.3 Å². The topological polar surface area (TPSA) is 3.24 Å². The lowest BCUT2D eigenvalue weighted by Gasteiger charge is -2.37. The van der Waals surface area contributed by atoms with E-state index >= 15 is 0 Å². The minimum Gasteiger partial charge on any atom is -0.301 e. The van der Waals surface area contributed by atoms with Crippen LogP contribution in [0.4, 0.5) is 0 Å². The van der Waals surface area contributed by atoms with Gasteiger partial charge < -0.3 is 4.90 Å². The maximum atomic E-state index is 2.53. The molecular formula is C14H31N. The third kappa shape index (κ3) is 6.19. The first kappa shape index (κ1) is 15.0. The normalized spacial score (nSPS) is 15.0. The summed E-state index contributed by atoms with van der Waals surface area (Å²) in [4.78, 5) is 2.53. The van der Waals surface area contributed by atoms with Crippen molar-refractivity contribution in [2.24, 2.45) is 11.8 Å². The van der Waals surface area contributed by atoms with Crippen LogP contribution in [-0.2, 0) is 0 Å². The number of rotatable bonds is 7. The Labute approximate surface area is 97.2 Å². The molecule has 0 aromatic heterocycles. The van der Waals surface area contributed by atoms with Gasteiger partial charge in [-0.3, -0.25) is 0 Å². The van der Waals surface area contributed by atoms with Crippen molar-refractivity contribution in [2.75, 3.05) is 13.6 Å². The third-order valence-electron chi connectivity index (χ3n) is 3.60. The van der Waals surface area contributed by atoms with Crippen LogP contribution in [0.25, 0.3) is 0 Å². The summed E-state index contributed by atoms with van der Waals surface area (Å²) in [7, 11) is 2.27. The summed E-state index contributed by atoms with van der Waals surface area (Å²) in [5.74, 6) is 1.65. The highest BCUT2D eigenvalue weighted by atomic mass is 15.2. The zero-order valence-corrected chi connectivity index (χ0v) is 11.9. The quantitative estimate of drug-likeness (QED) is 0.613. The molecule has 0 bridgehead atoms. The maximum absolute atomic E-state index is 2.53. The first-order chi connectivity index (χ1) is 6.79. The second-order valence-corrected chi connectivity index (χ2v) is 6.13. The van der Waals surface area contributed by atoms with Crippen LogP contribution >= 0.6 is 0 Å². The van der Waals surface area contributed by atoms with Crippen molar-refractivity contribution in [1.82, 2.24) is 4.90 Å². The highest BCUT2D eigenvalue weighted by Crippen LogP contribution is 2.23. The van der Waals surface area contributed by atoms with Crippen molar-refractivity contribution in [1.29, 1.82) is 0 Å². The number of hydrogen-bond donors (Lipinski definition) is 0. The highest BCUT2D eigenvalue weighted by Gasteiger charge is 2.24. The van der Waals surface area contributed by atoms with Gasteiger partial charge in [0, 0.05) is 5.54 Å². The van der Waals surface area contributed by atoms with Gasteiger partial charge in [0.1, 0.15) is 0 Å². The lowest BCUT2D eigenvalue weighted by molar-refractivity contribution is 0.122. The highest BCUT2D eigenvalue weighted by molar-refractivity contribution is 4.80. The van der Waals surface area contributed by atoms with Crippen LogP contribution in [0.2, 0.25) is 0 Å². The van der Waals surface area contributed by atoms with Crippen LogP contribution in [0.3, 0.4) is 0 Å². The molecular weight excluding hydrogens is 182 g/mol. The molecule has 0 aliphatic heterocycles. The molecule has 0 amide bonds. The van der Waals surface area contributed by atoms with E-state index in [0.717, 1.165) is 11.8 Å². The fourth-order valence-electron chi connectivity index (χ4n) is 2.08. The van der Waals surface area contributed by atoms with Crippen LogP contribution in [0.15, 0.2) is 0 Å². The maximum Gasteiger partial charge on any atom is 0.0152 e. The molecule has 1 atom stereocenters. The fourth-order valence-corrected chi connectivity index (χ4v) is 2.08. The zero-order valence-electron chi connectivity index (χ0n) is 11.9. The van der Waals surface area contributed by atoms with Gasteiger partial charge in [-0.05, 0) is 52.1 Å². The Morgan fingerprint density at radius 2 is 1.67 bits per heavy atom. The van der Waals surface area contributed by atoms with Gasteiger partial charge in [0.15, 0.2) is 0 Å². The van der Waals surface area contributed by atoms with E-state index in [1.807, 2.05) is 0 Å². The predicted octanol–water partition coefficient (Wildman–Crippen LogP) is 4.18. The van der Waals surface area contributed by atoms with Gasteiger partial charge in [-0.25, -0.2) is 0 Å². The van der Waals surface area contributed by atoms with E-state index in [-0.39, 0.29) is 0 Å². The third-order valence-corrected chi connectivity index (χ3v) is 3.60. The van der Waals surface area contributed by atoms with Gasteiger partial charge in [-0.15, -0.1) is 0 Å². The molecule has 0 N–H and O–H groups in total. The minimum atomic E-state index is 0.349. The van der Waals surface area contributed by atoms with Crippen molar-refractivity contribution < 1.29 is 0 Å². The van der Waals surface area contributed by atoms with Gasteiger partial charge in [0.25, 0.3) is 0 Å². The summed E-state index contributed by atoms with van der Waals surface area (Å²) in [6.45, 7) is 15.2. The van der Waals surface area contributed by atoms with E-state index < -0.39 is 0 Å². The Balaban J connectivity index is 4.01. The lowest BCUT2D eigenvalue weighted by Crippen LogP contribution is -2.42. The van der Waals surface area contributed by atoms with E-state index in [1.165, 1.54) is 25.8 Å². The van der Waals surface area contributed by atoms with Crippen LogP contribution in [0, 0.1) is 11.8 Å². The first-order valence-corrected chi connectivity index (χ1v) is 6.50. The SMILES string of the molecule is CCC(C)CCN(C)C(C)(C)CC(C)C. The Hall–Kier alpha value is -0.0400. The summed E-state index contributed by atoms with van der Waals surface area (Å²) in [5.41, 5.74) is 0.349. The second-order valence-electron chi connectivity index (χ2n) is 6.13. The molecule has 1 heteroatoms. The van der Waals surface area contributed by atoms with Crippen molar-refractivity contribution in [3.63, 3.8) is 0 Å². The molecule has 1 unspecified atom stereocenters. The molecule has 0 aliphatic carbocycles. The van der Waals surface area contributed by atoms with Crippen LogP contribution in [0.5, 0.6) is 0 Å². The predicted molar refractivity (Wildman–Crippen MR) is 70.2 cm³/mol. The number of nitrogens with zero attached hydrogens (tertiary/aromatic N) is 1. The van der Waals surface area contributed by atoms with E-state index in [2.05, 4.69) is 53.5 Å². The zero-order chi connectivity index (χ0) is 12.1. The van der Waals surface area contributed by atoms with E-state index in [0.29, 0.717) is 5.54 Å². The van der Waals surface area contributed by atoms with Crippen LogP contribution < -0.4 is 0 Å². The molecule has 92 valence electrons. The van der Waals surface area contributed by atoms with Gasteiger partial charge in [-0.2, -0.15) is 0 Å². The molecule has 0 rings (SSSR count). The van der Waals surface area contributed by atoms with Crippen molar-refractivity contribution in [3.05, 3.63) is 0 Å². The standard InChI is InChI=1S/C14H31N/c1-8-13(4)9-10-15(7)14(5,6)11-12(2)3/h12-13H,8-11H2,1-7H3. The fraction of sp³-hybridized carbons (Fsp3) is 1.00. The summed E-state index contributed by atoms with van der Waals surface area (Å²) in [6.07, 6.45) is 3.91. The summed E-state index contributed by atoms with van der Waals surface area (Å²) in [5, 5.41) is 0. The Bertz CT molecular complexity index is 161. The Morgan fingerprint density at radius 1 is 1.13 bits per heavy atom. The average molecular weight is 213 g/mol. The molecule has 0 saturated carbocycles. The Kier molecular flexibility index (Phi) is 6.51. The van der Waals surface area contributed by atoms with Crippen molar-refractivity contribution >= 4 is 0 Å². The van der Waals surface area contributed by atoms with Gasteiger partial charge in [0.05, 0.1) is 0 Å². The summed E-state index contributed by atoms with van der Waals surface area (Å²) in [6, 6.07) is 0.